The number of rotatable bonds is 6. The Morgan fingerprint density at radius 2 is 1.76 bits per heavy atom. The standard InChI is InChI=1S/C15H12ClFO4/c16-10-1-6-14(13(9-10)15(18)19)21-8-7-20-12-4-2-11(17)3-5-12/h1-6,9H,7-8H2,(H,18,19). The Hall–Kier alpha value is -2.27. The molecule has 0 bridgehead atoms. The van der Waals surface area contributed by atoms with Crippen molar-refractivity contribution >= 4 is 17.6 Å². The fourth-order valence-electron chi connectivity index (χ4n) is 1.64. The molecule has 2 aromatic carbocycles. The van der Waals surface area contributed by atoms with Gasteiger partial charge >= 0.3 is 5.97 Å². The smallest absolute Gasteiger partial charge is 0.339 e. The van der Waals surface area contributed by atoms with Crippen LogP contribution in [0.25, 0.3) is 0 Å². The Morgan fingerprint density at radius 1 is 1.10 bits per heavy atom. The first kappa shape index (κ1) is 15.1. The SMILES string of the molecule is O=C(O)c1cc(Cl)ccc1OCCOc1ccc(F)cc1. The number of benzene rings is 2. The summed E-state index contributed by atoms with van der Waals surface area (Å²) in [4.78, 5) is 11.1. The van der Waals surface area contributed by atoms with Crippen molar-refractivity contribution in [3.8, 4) is 11.5 Å². The lowest BCUT2D eigenvalue weighted by molar-refractivity contribution is 0.0691. The molecule has 0 spiro atoms. The van der Waals surface area contributed by atoms with Gasteiger partial charge < -0.3 is 14.6 Å². The number of hydrogen-bond donors (Lipinski definition) is 1. The number of aromatic carboxylic acids is 1. The van der Waals surface area contributed by atoms with E-state index in [1.807, 2.05) is 0 Å². The molecule has 0 unspecified atom stereocenters. The highest BCUT2D eigenvalue weighted by atomic mass is 35.5. The topological polar surface area (TPSA) is 55.8 Å². The van der Waals surface area contributed by atoms with Crippen molar-refractivity contribution in [2.45, 2.75) is 0 Å². The molecule has 110 valence electrons. The van der Waals surface area contributed by atoms with Crippen LogP contribution < -0.4 is 9.47 Å². The summed E-state index contributed by atoms with van der Waals surface area (Å²) in [7, 11) is 0. The average Bonchev–Trinajstić information content (AvgIpc) is 2.46. The van der Waals surface area contributed by atoms with Crippen LogP contribution in [0.4, 0.5) is 4.39 Å². The molecule has 0 heterocycles. The number of hydrogen-bond acceptors (Lipinski definition) is 3. The molecule has 4 nitrogen and oxygen atoms in total. The number of halogens is 2. The maximum Gasteiger partial charge on any atom is 0.339 e. The second kappa shape index (κ2) is 6.95. The monoisotopic (exact) mass is 310 g/mol. The highest BCUT2D eigenvalue weighted by Gasteiger charge is 2.11. The first-order chi connectivity index (χ1) is 10.1. The second-order valence-corrected chi connectivity index (χ2v) is 4.53. The molecule has 21 heavy (non-hydrogen) atoms. The highest BCUT2D eigenvalue weighted by Crippen LogP contribution is 2.23. The van der Waals surface area contributed by atoms with Crippen LogP contribution in [0.3, 0.4) is 0 Å². The van der Waals surface area contributed by atoms with Gasteiger partial charge in [0.1, 0.15) is 36.1 Å². The van der Waals surface area contributed by atoms with E-state index >= 15 is 0 Å². The van der Waals surface area contributed by atoms with Gasteiger partial charge in [0.15, 0.2) is 0 Å². The molecular weight excluding hydrogens is 299 g/mol. The van der Waals surface area contributed by atoms with Crippen molar-refractivity contribution in [1.82, 2.24) is 0 Å². The molecule has 0 amide bonds. The van der Waals surface area contributed by atoms with Gasteiger partial charge in [-0.05, 0) is 42.5 Å². The van der Waals surface area contributed by atoms with Crippen molar-refractivity contribution in [2.75, 3.05) is 13.2 Å². The van der Waals surface area contributed by atoms with Crippen molar-refractivity contribution in [3.05, 3.63) is 58.9 Å². The molecule has 0 radical (unpaired) electrons. The van der Waals surface area contributed by atoms with Gasteiger partial charge in [0, 0.05) is 5.02 Å². The van der Waals surface area contributed by atoms with Gasteiger partial charge in [-0.1, -0.05) is 11.6 Å². The van der Waals surface area contributed by atoms with E-state index in [9.17, 15) is 9.18 Å². The van der Waals surface area contributed by atoms with E-state index in [4.69, 9.17) is 26.2 Å². The van der Waals surface area contributed by atoms with Crippen molar-refractivity contribution in [1.29, 1.82) is 0 Å². The van der Waals surface area contributed by atoms with Gasteiger partial charge in [-0.3, -0.25) is 0 Å². The Balaban J connectivity index is 1.89. The highest BCUT2D eigenvalue weighted by molar-refractivity contribution is 6.31. The molecule has 2 rings (SSSR count). The fraction of sp³-hybridized carbons (Fsp3) is 0.133. The summed E-state index contributed by atoms with van der Waals surface area (Å²) >= 11 is 5.74. The number of ether oxygens (including phenoxy) is 2. The third-order valence-electron chi connectivity index (χ3n) is 2.60. The first-order valence-electron chi connectivity index (χ1n) is 6.10. The lowest BCUT2D eigenvalue weighted by Crippen LogP contribution is -2.11. The molecule has 0 atom stereocenters. The number of carbonyl (C=O) groups is 1. The zero-order chi connectivity index (χ0) is 15.2. The van der Waals surface area contributed by atoms with Crippen molar-refractivity contribution in [3.63, 3.8) is 0 Å². The van der Waals surface area contributed by atoms with Crippen molar-refractivity contribution in [2.24, 2.45) is 0 Å². The lowest BCUT2D eigenvalue weighted by atomic mass is 10.2. The molecule has 0 aliphatic heterocycles. The molecule has 0 fully saturated rings. The van der Waals surface area contributed by atoms with Gasteiger partial charge in [-0.15, -0.1) is 0 Å². The Kier molecular flexibility index (Phi) is 5.00. The quantitative estimate of drug-likeness (QED) is 0.828. The van der Waals surface area contributed by atoms with E-state index in [1.165, 1.54) is 36.4 Å². The Morgan fingerprint density at radius 3 is 2.43 bits per heavy atom. The minimum absolute atomic E-state index is 0.00992. The van der Waals surface area contributed by atoms with Gasteiger partial charge in [0.2, 0.25) is 0 Å². The van der Waals surface area contributed by atoms with Crippen LogP contribution in [0.1, 0.15) is 10.4 Å². The molecule has 2 aromatic rings. The number of carboxylic acids is 1. The van der Waals surface area contributed by atoms with E-state index in [1.54, 1.807) is 6.07 Å². The van der Waals surface area contributed by atoms with E-state index < -0.39 is 5.97 Å². The molecule has 0 aromatic heterocycles. The van der Waals surface area contributed by atoms with E-state index in [0.29, 0.717) is 10.8 Å². The largest absolute Gasteiger partial charge is 0.490 e. The predicted molar refractivity (Wildman–Crippen MR) is 75.8 cm³/mol. The lowest BCUT2D eigenvalue weighted by Gasteiger charge is -2.10. The summed E-state index contributed by atoms with van der Waals surface area (Å²) < 4.78 is 23.4. The average molecular weight is 311 g/mol. The second-order valence-electron chi connectivity index (χ2n) is 4.10. The third kappa shape index (κ3) is 4.36. The summed E-state index contributed by atoms with van der Waals surface area (Å²) in [6.45, 7) is 0.354. The van der Waals surface area contributed by atoms with Crippen LogP contribution in [-0.2, 0) is 0 Å². The summed E-state index contributed by atoms with van der Waals surface area (Å²) in [6, 6.07) is 9.93. The van der Waals surface area contributed by atoms with E-state index in [2.05, 4.69) is 0 Å². The maximum atomic E-state index is 12.7. The fourth-order valence-corrected chi connectivity index (χ4v) is 1.81. The van der Waals surface area contributed by atoms with Crippen LogP contribution in [-0.4, -0.2) is 24.3 Å². The summed E-state index contributed by atoms with van der Waals surface area (Å²) in [5, 5.41) is 9.37. The predicted octanol–water partition coefficient (Wildman–Crippen LogP) is 3.64. The van der Waals surface area contributed by atoms with Crippen LogP contribution in [0.15, 0.2) is 42.5 Å². The molecular formula is C15H12ClFO4. The maximum absolute atomic E-state index is 12.7. The molecule has 6 heteroatoms. The molecule has 0 saturated heterocycles. The summed E-state index contributed by atoms with van der Waals surface area (Å²) in [5.41, 5.74) is -0.00992. The van der Waals surface area contributed by atoms with Gasteiger partial charge in [-0.2, -0.15) is 0 Å². The summed E-state index contributed by atoms with van der Waals surface area (Å²) in [5.74, 6) is -0.734. The zero-order valence-electron chi connectivity index (χ0n) is 10.9. The Bertz CT molecular complexity index is 628. The minimum Gasteiger partial charge on any atom is -0.490 e. The van der Waals surface area contributed by atoms with Crippen LogP contribution in [0.5, 0.6) is 11.5 Å². The minimum atomic E-state index is -1.12. The van der Waals surface area contributed by atoms with Gasteiger partial charge in [0.05, 0.1) is 0 Å². The van der Waals surface area contributed by atoms with Crippen molar-refractivity contribution < 1.29 is 23.8 Å². The van der Waals surface area contributed by atoms with Gasteiger partial charge in [0.25, 0.3) is 0 Å². The molecule has 0 aliphatic rings. The van der Waals surface area contributed by atoms with Crippen LogP contribution >= 0.6 is 11.6 Å². The first-order valence-corrected chi connectivity index (χ1v) is 6.48. The van der Waals surface area contributed by atoms with Gasteiger partial charge in [-0.25, -0.2) is 9.18 Å². The zero-order valence-corrected chi connectivity index (χ0v) is 11.6. The van der Waals surface area contributed by atoms with E-state index in [0.717, 1.165) is 0 Å². The van der Waals surface area contributed by atoms with E-state index in [-0.39, 0.29) is 30.3 Å². The third-order valence-corrected chi connectivity index (χ3v) is 2.83. The molecule has 1 N–H and O–H groups in total. The van der Waals surface area contributed by atoms with Crippen LogP contribution in [0.2, 0.25) is 5.02 Å². The van der Waals surface area contributed by atoms with Crippen LogP contribution in [0, 0.1) is 5.82 Å². The Labute approximate surface area is 125 Å². The summed E-state index contributed by atoms with van der Waals surface area (Å²) in [6.07, 6.45) is 0. The normalized spacial score (nSPS) is 10.2. The molecule has 0 aliphatic carbocycles. The number of carboxylic acid groups (broad SMARTS) is 1. The molecule has 0 saturated carbocycles.